The quantitative estimate of drug-likeness (QED) is 0.531. The first-order valence-electron chi connectivity index (χ1n) is 3.77. The maximum Gasteiger partial charge on any atom is 0.287 e. The first kappa shape index (κ1) is 12.9. The van der Waals surface area contributed by atoms with Gasteiger partial charge in [-0.05, 0) is 26.0 Å². The van der Waals surface area contributed by atoms with E-state index < -0.39 is 21.6 Å². The standard InChI is InChI=1S/C8H13NO4S/c1-4-7(10)9-8(2,3)5-6-14(11,12)13/h4-6H,1H2,2-3H3,(H,9,10)(H,11,12,13). The third-order valence-corrected chi connectivity index (χ3v) is 1.77. The highest BCUT2D eigenvalue weighted by Gasteiger charge is 2.16. The Morgan fingerprint density at radius 3 is 2.36 bits per heavy atom. The van der Waals surface area contributed by atoms with Crippen LogP contribution in [0.25, 0.3) is 0 Å². The summed E-state index contributed by atoms with van der Waals surface area (Å²) >= 11 is 0. The zero-order chi connectivity index (χ0) is 11.4. The summed E-state index contributed by atoms with van der Waals surface area (Å²) in [6.45, 7) is 6.41. The van der Waals surface area contributed by atoms with E-state index in [2.05, 4.69) is 11.9 Å². The molecule has 0 fully saturated rings. The Morgan fingerprint density at radius 1 is 1.50 bits per heavy atom. The number of hydrogen-bond donors (Lipinski definition) is 2. The number of carbonyl (C=O) groups excluding carboxylic acids is 1. The first-order valence-corrected chi connectivity index (χ1v) is 5.28. The Bertz CT molecular complexity index is 354. The third-order valence-electron chi connectivity index (χ3n) is 1.29. The monoisotopic (exact) mass is 219 g/mol. The van der Waals surface area contributed by atoms with Crippen LogP contribution in [0.5, 0.6) is 0 Å². The number of amides is 1. The number of carbonyl (C=O) groups is 1. The van der Waals surface area contributed by atoms with E-state index >= 15 is 0 Å². The molecule has 0 aromatic carbocycles. The summed E-state index contributed by atoms with van der Waals surface area (Å²) in [6.07, 6.45) is 2.24. The van der Waals surface area contributed by atoms with Crippen molar-refractivity contribution in [2.24, 2.45) is 0 Å². The lowest BCUT2D eigenvalue weighted by molar-refractivity contribution is -0.117. The molecule has 0 unspecified atom stereocenters. The molecule has 14 heavy (non-hydrogen) atoms. The molecule has 0 aliphatic heterocycles. The van der Waals surface area contributed by atoms with Crippen molar-refractivity contribution in [3.05, 3.63) is 24.1 Å². The van der Waals surface area contributed by atoms with Crippen LogP contribution >= 0.6 is 0 Å². The van der Waals surface area contributed by atoms with Gasteiger partial charge >= 0.3 is 0 Å². The van der Waals surface area contributed by atoms with Crippen LogP contribution in [0.1, 0.15) is 13.8 Å². The van der Waals surface area contributed by atoms with E-state index in [1.807, 2.05) is 0 Å². The molecular formula is C8H13NO4S. The summed E-state index contributed by atoms with van der Waals surface area (Å²) in [4.78, 5) is 10.9. The fourth-order valence-corrected chi connectivity index (χ4v) is 1.18. The van der Waals surface area contributed by atoms with Crippen LogP contribution in [0.3, 0.4) is 0 Å². The molecule has 0 spiro atoms. The van der Waals surface area contributed by atoms with Gasteiger partial charge in [0.25, 0.3) is 10.1 Å². The lowest BCUT2D eigenvalue weighted by Gasteiger charge is -2.20. The highest BCUT2D eigenvalue weighted by Crippen LogP contribution is 2.05. The molecule has 6 heteroatoms. The van der Waals surface area contributed by atoms with Crippen molar-refractivity contribution in [2.45, 2.75) is 19.4 Å². The molecule has 0 rings (SSSR count). The molecule has 0 radical (unpaired) electrons. The molecular weight excluding hydrogens is 206 g/mol. The fourth-order valence-electron chi connectivity index (χ4n) is 0.666. The second kappa shape index (κ2) is 4.39. The van der Waals surface area contributed by atoms with Gasteiger partial charge in [0.1, 0.15) is 0 Å². The molecule has 0 aliphatic rings. The lowest BCUT2D eigenvalue weighted by atomic mass is 10.1. The van der Waals surface area contributed by atoms with Crippen LogP contribution in [-0.4, -0.2) is 24.4 Å². The number of nitrogens with one attached hydrogen (secondary N) is 1. The maximum atomic E-state index is 10.9. The molecule has 2 N–H and O–H groups in total. The van der Waals surface area contributed by atoms with E-state index in [0.717, 1.165) is 6.08 Å². The molecule has 0 bridgehead atoms. The second-order valence-electron chi connectivity index (χ2n) is 3.23. The topological polar surface area (TPSA) is 83.5 Å². The van der Waals surface area contributed by atoms with Crippen LogP contribution in [0, 0.1) is 0 Å². The Balaban J connectivity index is 4.57. The van der Waals surface area contributed by atoms with Gasteiger partial charge < -0.3 is 5.32 Å². The van der Waals surface area contributed by atoms with Gasteiger partial charge in [0.2, 0.25) is 5.91 Å². The zero-order valence-electron chi connectivity index (χ0n) is 8.02. The molecule has 0 saturated heterocycles. The van der Waals surface area contributed by atoms with Crippen LogP contribution in [0.2, 0.25) is 0 Å². The van der Waals surface area contributed by atoms with Crippen LogP contribution in [0.15, 0.2) is 24.1 Å². The lowest BCUT2D eigenvalue weighted by Crippen LogP contribution is -2.40. The summed E-state index contributed by atoms with van der Waals surface area (Å²) in [7, 11) is -4.16. The van der Waals surface area contributed by atoms with E-state index in [4.69, 9.17) is 4.55 Å². The van der Waals surface area contributed by atoms with Crippen LogP contribution < -0.4 is 5.32 Å². The molecule has 0 aromatic rings. The van der Waals surface area contributed by atoms with Crippen molar-refractivity contribution in [1.82, 2.24) is 5.32 Å². The molecule has 0 saturated carbocycles. The zero-order valence-corrected chi connectivity index (χ0v) is 8.84. The maximum absolute atomic E-state index is 10.9. The van der Waals surface area contributed by atoms with E-state index in [-0.39, 0.29) is 0 Å². The minimum absolute atomic E-state index is 0.421. The predicted molar refractivity (Wildman–Crippen MR) is 53.1 cm³/mol. The van der Waals surface area contributed by atoms with Crippen molar-refractivity contribution in [3.8, 4) is 0 Å². The highest BCUT2D eigenvalue weighted by molar-refractivity contribution is 7.88. The van der Waals surface area contributed by atoms with E-state index in [0.29, 0.717) is 5.41 Å². The third kappa shape index (κ3) is 6.38. The van der Waals surface area contributed by atoms with Gasteiger partial charge in [-0.25, -0.2) is 0 Å². The molecule has 0 atom stereocenters. The SMILES string of the molecule is C=CC(=O)NC(C)(C)C=CS(=O)(=O)O. The summed E-state index contributed by atoms with van der Waals surface area (Å²) in [5.41, 5.74) is -0.860. The van der Waals surface area contributed by atoms with Crippen molar-refractivity contribution in [2.75, 3.05) is 0 Å². The van der Waals surface area contributed by atoms with Gasteiger partial charge in [0, 0.05) is 0 Å². The fraction of sp³-hybridized carbons (Fsp3) is 0.375. The Kier molecular flexibility index (Phi) is 4.03. The molecule has 80 valence electrons. The molecule has 1 amide bonds. The largest absolute Gasteiger partial charge is 0.344 e. The van der Waals surface area contributed by atoms with Crippen molar-refractivity contribution in [1.29, 1.82) is 0 Å². The van der Waals surface area contributed by atoms with Gasteiger partial charge in [-0.15, -0.1) is 0 Å². The van der Waals surface area contributed by atoms with Gasteiger partial charge in [0.15, 0.2) is 0 Å². The Morgan fingerprint density at radius 2 is 2.00 bits per heavy atom. The smallest absolute Gasteiger partial charge is 0.287 e. The molecule has 0 aliphatic carbocycles. The highest BCUT2D eigenvalue weighted by atomic mass is 32.2. The van der Waals surface area contributed by atoms with Crippen molar-refractivity contribution in [3.63, 3.8) is 0 Å². The van der Waals surface area contributed by atoms with Gasteiger partial charge in [0.05, 0.1) is 10.9 Å². The molecule has 0 heterocycles. The number of rotatable bonds is 4. The summed E-state index contributed by atoms with van der Waals surface area (Å²) in [6, 6.07) is 0. The Hall–Kier alpha value is -1.14. The van der Waals surface area contributed by atoms with E-state index in [9.17, 15) is 13.2 Å². The first-order chi connectivity index (χ1) is 6.16. The summed E-state index contributed by atoms with van der Waals surface area (Å²) in [5, 5.41) is 3.08. The number of hydrogen-bond acceptors (Lipinski definition) is 3. The van der Waals surface area contributed by atoms with Gasteiger partial charge in [-0.2, -0.15) is 8.42 Å². The summed E-state index contributed by atoms with van der Waals surface area (Å²) in [5.74, 6) is -0.421. The van der Waals surface area contributed by atoms with Gasteiger partial charge in [-0.1, -0.05) is 6.58 Å². The summed E-state index contributed by atoms with van der Waals surface area (Å²) < 4.78 is 29.2. The second-order valence-corrected chi connectivity index (χ2v) is 4.53. The van der Waals surface area contributed by atoms with E-state index in [1.165, 1.54) is 6.08 Å². The predicted octanol–water partition coefficient (Wildman–Crippen LogP) is 0.469. The minimum Gasteiger partial charge on any atom is -0.344 e. The normalized spacial score (nSPS) is 12.8. The van der Waals surface area contributed by atoms with Crippen molar-refractivity contribution < 1.29 is 17.8 Å². The average molecular weight is 219 g/mol. The van der Waals surface area contributed by atoms with E-state index in [1.54, 1.807) is 13.8 Å². The van der Waals surface area contributed by atoms with Crippen molar-refractivity contribution >= 4 is 16.0 Å². The minimum atomic E-state index is -4.16. The van der Waals surface area contributed by atoms with Crippen LogP contribution in [-0.2, 0) is 14.9 Å². The van der Waals surface area contributed by atoms with Crippen LogP contribution in [0.4, 0.5) is 0 Å². The molecule has 0 aromatic heterocycles. The average Bonchev–Trinajstić information content (AvgIpc) is 1.99. The Labute approximate surface area is 83.3 Å². The molecule has 5 nitrogen and oxygen atoms in total. The van der Waals surface area contributed by atoms with Gasteiger partial charge in [-0.3, -0.25) is 9.35 Å².